The van der Waals surface area contributed by atoms with E-state index in [2.05, 4.69) is 21.3 Å². The third-order valence-corrected chi connectivity index (χ3v) is 9.49. The van der Waals surface area contributed by atoms with Gasteiger partial charge in [0.05, 0.1) is 24.2 Å². The number of amides is 4. The maximum atomic E-state index is 14.5. The lowest BCUT2D eigenvalue weighted by atomic mass is 9.77. The van der Waals surface area contributed by atoms with E-state index in [1.54, 1.807) is 20.8 Å². The number of hydrogen-bond donors (Lipinski definition) is 6. The summed E-state index contributed by atoms with van der Waals surface area (Å²) in [4.78, 5) is 68.1. The Hall–Kier alpha value is -4.72. The summed E-state index contributed by atoms with van der Waals surface area (Å²) in [5.41, 5.74) is 6.38. The van der Waals surface area contributed by atoms with Gasteiger partial charge in [0.25, 0.3) is 0 Å². The molecule has 13 heteroatoms. The van der Waals surface area contributed by atoms with Gasteiger partial charge < -0.3 is 36.8 Å². The van der Waals surface area contributed by atoms with Crippen molar-refractivity contribution in [3.05, 3.63) is 108 Å². The summed E-state index contributed by atoms with van der Waals surface area (Å²) >= 11 is 1.46. The highest BCUT2D eigenvalue weighted by Gasteiger charge is 2.40. The molecule has 0 aromatic heterocycles. The molecule has 0 heterocycles. The molecule has 3 rings (SSSR count). The quantitative estimate of drug-likeness (QED) is 0.0907. The molecule has 3 aromatic carbocycles. The zero-order valence-electron chi connectivity index (χ0n) is 32.8. The minimum Gasteiger partial charge on any atom is -0.480 e. The van der Waals surface area contributed by atoms with Crippen LogP contribution in [0.1, 0.15) is 77.5 Å². The zero-order valence-corrected chi connectivity index (χ0v) is 33.7. The van der Waals surface area contributed by atoms with Crippen molar-refractivity contribution in [1.82, 2.24) is 21.3 Å². The van der Waals surface area contributed by atoms with Crippen molar-refractivity contribution in [2.24, 2.45) is 11.7 Å². The molecule has 55 heavy (non-hydrogen) atoms. The molecule has 0 aliphatic heterocycles. The molecule has 0 radical (unpaired) electrons. The van der Waals surface area contributed by atoms with Crippen LogP contribution >= 0.6 is 11.8 Å². The highest BCUT2D eigenvalue weighted by atomic mass is 32.2. The highest BCUT2D eigenvalue weighted by molar-refractivity contribution is 7.98. The summed E-state index contributed by atoms with van der Waals surface area (Å²) in [7, 11) is 0. The number of carboxylic acids is 1. The van der Waals surface area contributed by atoms with Gasteiger partial charge in [0, 0.05) is 0 Å². The Morgan fingerprint density at radius 1 is 0.727 bits per heavy atom. The molecule has 0 aliphatic rings. The Morgan fingerprint density at radius 2 is 1.18 bits per heavy atom. The fourth-order valence-electron chi connectivity index (χ4n) is 6.37. The van der Waals surface area contributed by atoms with Crippen LogP contribution in [0, 0.1) is 5.92 Å². The summed E-state index contributed by atoms with van der Waals surface area (Å²) in [6.45, 7) is 10.6. The van der Waals surface area contributed by atoms with Crippen molar-refractivity contribution in [2.45, 2.75) is 102 Å². The Kier molecular flexibility index (Phi) is 16.9. The van der Waals surface area contributed by atoms with Gasteiger partial charge in [-0.3, -0.25) is 19.2 Å². The minimum atomic E-state index is -1.56. The summed E-state index contributed by atoms with van der Waals surface area (Å²) < 4.78 is 5.87. The van der Waals surface area contributed by atoms with E-state index >= 15 is 0 Å². The van der Waals surface area contributed by atoms with Crippen molar-refractivity contribution in [3.8, 4) is 0 Å². The minimum absolute atomic E-state index is 0.132. The highest BCUT2D eigenvalue weighted by Crippen LogP contribution is 2.37. The molecule has 4 amide bonds. The molecule has 0 saturated heterocycles. The van der Waals surface area contributed by atoms with Crippen LogP contribution in [-0.2, 0) is 34.2 Å². The van der Waals surface area contributed by atoms with E-state index in [0.717, 1.165) is 16.7 Å². The van der Waals surface area contributed by atoms with Crippen LogP contribution in [0.2, 0.25) is 0 Å². The van der Waals surface area contributed by atoms with Gasteiger partial charge >= 0.3 is 5.97 Å². The third-order valence-electron chi connectivity index (χ3n) is 8.85. The number of carbonyl (C=O) groups excluding carboxylic acids is 4. The maximum absolute atomic E-state index is 14.5. The smallest absolute Gasteiger partial charge is 0.328 e. The molecule has 0 spiro atoms. The lowest BCUT2D eigenvalue weighted by Gasteiger charge is -2.37. The van der Waals surface area contributed by atoms with E-state index in [0.29, 0.717) is 12.2 Å². The van der Waals surface area contributed by atoms with Crippen molar-refractivity contribution in [1.29, 1.82) is 0 Å². The molecular formula is C42H57N5O7S. The van der Waals surface area contributed by atoms with E-state index < -0.39 is 77.4 Å². The van der Waals surface area contributed by atoms with Gasteiger partial charge in [0.2, 0.25) is 23.6 Å². The molecular weight excluding hydrogens is 719 g/mol. The van der Waals surface area contributed by atoms with Crippen molar-refractivity contribution in [2.75, 3.05) is 12.0 Å². The van der Waals surface area contributed by atoms with Gasteiger partial charge in [-0.05, 0) is 75.2 Å². The standard InChI is InChI=1S/C42H57N5O7S/c1-27(2)25-32(43)37(49)44-33(23-24-55-7)38(50)45-34(39(51)46-36(40(52)53)28(3)54-41(4,5)6)26-35(48)47-42(29-17-11-8-12-18-29,30-19-13-9-14-20-30)31-21-15-10-16-22-31/h8-22,27-28,32-34,36H,23-26,43H2,1-7H3,(H,44,49)(H,45,50)(H,46,51)(H,47,48)(H,52,53)/t28-,32+,33+,34+,36+/m1/s1. The Morgan fingerprint density at radius 3 is 1.60 bits per heavy atom. The number of hydrogen-bond acceptors (Lipinski definition) is 8. The molecule has 0 unspecified atom stereocenters. The third kappa shape index (κ3) is 13.2. The van der Waals surface area contributed by atoms with E-state index in [4.69, 9.17) is 10.5 Å². The number of aliphatic carboxylic acids is 1. The molecule has 3 aromatic rings. The fraction of sp³-hybridized carbons (Fsp3) is 0.452. The van der Waals surface area contributed by atoms with Crippen molar-refractivity contribution < 1.29 is 33.8 Å². The molecule has 5 atom stereocenters. The molecule has 0 bridgehead atoms. The predicted octanol–water partition coefficient (Wildman–Crippen LogP) is 4.35. The number of nitrogens with two attached hydrogens (primary N) is 1. The van der Waals surface area contributed by atoms with E-state index in [-0.39, 0.29) is 12.3 Å². The van der Waals surface area contributed by atoms with Crippen LogP contribution in [0.5, 0.6) is 0 Å². The lowest BCUT2D eigenvalue weighted by Crippen LogP contribution is -2.60. The summed E-state index contributed by atoms with van der Waals surface area (Å²) in [5.74, 6) is -3.52. The number of carbonyl (C=O) groups is 5. The predicted molar refractivity (Wildman–Crippen MR) is 216 cm³/mol. The fourth-order valence-corrected chi connectivity index (χ4v) is 6.84. The largest absolute Gasteiger partial charge is 0.480 e. The Balaban J connectivity index is 2.07. The number of thioether (sulfide) groups is 1. The van der Waals surface area contributed by atoms with Crippen LogP contribution < -0.4 is 27.0 Å². The number of nitrogens with one attached hydrogen (secondary N) is 4. The maximum Gasteiger partial charge on any atom is 0.328 e. The first-order valence-corrected chi connectivity index (χ1v) is 19.9. The lowest BCUT2D eigenvalue weighted by molar-refractivity contribution is -0.150. The number of benzene rings is 3. The Labute approximate surface area is 329 Å². The van der Waals surface area contributed by atoms with Crippen molar-refractivity contribution in [3.63, 3.8) is 0 Å². The van der Waals surface area contributed by atoms with Crippen LogP contribution in [0.15, 0.2) is 91.0 Å². The molecule has 12 nitrogen and oxygen atoms in total. The van der Waals surface area contributed by atoms with E-state index in [1.807, 2.05) is 111 Å². The van der Waals surface area contributed by atoms with E-state index in [1.165, 1.54) is 18.7 Å². The second-order valence-electron chi connectivity index (χ2n) is 15.0. The zero-order chi connectivity index (χ0) is 40.8. The molecule has 0 aliphatic carbocycles. The van der Waals surface area contributed by atoms with Crippen LogP contribution in [0.25, 0.3) is 0 Å². The number of ether oxygens (including phenoxy) is 1. The van der Waals surface area contributed by atoms with Gasteiger partial charge in [-0.2, -0.15) is 11.8 Å². The average molecular weight is 776 g/mol. The van der Waals surface area contributed by atoms with Gasteiger partial charge in [0.15, 0.2) is 6.04 Å². The SMILES string of the molecule is CSCC[C@H](NC(=O)[C@@H](N)CC(C)C)C(=O)N[C@@H](CC(=O)NC(c1ccccc1)(c1ccccc1)c1ccccc1)C(=O)N[C@H](C(=O)O)[C@@H](C)OC(C)(C)C. The second-order valence-corrected chi connectivity index (χ2v) is 16.0. The second kappa shape index (κ2) is 20.8. The van der Waals surface area contributed by atoms with Crippen molar-refractivity contribution >= 4 is 41.4 Å². The van der Waals surface area contributed by atoms with Gasteiger partial charge in [-0.15, -0.1) is 0 Å². The van der Waals surface area contributed by atoms with Crippen LogP contribution in [-0.4, -0.2) is 82.6 Å². The first-order chi connectivity index (χ1) is 26.0. The first kappa shape index (κ1) is 44.7. The summed E-state index contributed by atoms with van der Waals surface area (Å²) in [6.07, 6.45) is 0.895. The normalized spacial score (nSPS) is 14.5. The number of carboxylic acid groups (broad SMARTS) is 1. The summed E-state index contributed by atoms with van der Waals surface area (Å²) in [5, 5.41) is 21.2. The van der Waals surface area contributed by atoms with Gasteiger partial charge in [-0.1, -0.05) is 105 Å². The molecule has 298 valence electrons. The summed E-state index contributed by atoms with van der Waals surface area (Å²) in [6, 6.07) is 23.1. The van der Waals surface area contributed by atoms with Gasteiger partial charge in [0.1, 0.15) is 17.6 Å². The van der Waals surface area contributed by atoms with Crippen LogP contribution in [0.3, 0.4) is 0 Å². The topological polar surface area (TPSA) is 189 Å². The van der Waals surface area contributed by atoms with Gasteiger partial charge in [-0.25, -0.2) is 4.79 Å². The van der Waals surface area contributed by atoms with Crippen LogP contribution in [0.4, 0.5) is 0 Å². The first-order valence-electron chi connectivity index (χ1n) is 18.5. The molecule has 0 saturated carbocycles. The Bertz CT molecular complexity index is 1610. The van der Waals surface area contributed by atoms with E-state index in [9.17, 15) is 29.1 Å². The monoisotopic (exact) mass is 775 g/mol. The average Bonchev–Trinajstić information content (AvgIpc) is 3.13. The molecule has 7 N–H and O–H groups in total. The molecule has 0 fully saturated rings. The number of rotatable bonds is 20.